The van der Waals surface area contributed by atoms with Gasteiger partial charge in [-0.15, -0.1) is 0 Å². The van der Waals surface area contributed by atoms with Crippen molar-refractivity contribution in [2.24, 2.45) is 0 Å². The summed E-state index contributed by atoms with van der Waals surface area (Å²) in [6.07, 6.45) is 0.540. The monoisotopic (exact) mass is 290 g/mol. The summed E-state index contributed by atoms with van der Waals surface area (Å²) in [7, 11) is 0. The quantitative estimate of drug-likeness (QED) is 0.925. The molecule has 116 valence electrons. The van der Waals surface area contributed by atoms with E-state index in [-0.39, 0.29) is 17.6 Å². The summed E-state index contributed by atoms with van der Waals surface area (Å²) in [6.45, 7) is 9.00. The van der Waals surface area contributed by atoms with Crippen LogP contribution in [0.4, 0.5) is 0 Å². The van der Waals surface area contributed by atoms with Crippen LogP contribution in [0.15, 0.2) is 30.3 Å². The van der Waals surface area contributed by atoms with Crippen molar-refractivity contribution in [3.8, 4) is 0 Å². The molecule has 21 heavy (non-hydrogen) atoms. The molecule has 1 amide bonds. The van der Waals surface area contributed by atoms with Gasteiger partial charge in [-0.25, -0.2) is 0 Å². The molecular weight excluding hydrogens is 264 g/mol. The molecule has 1 atom stereocenters. The molecule has 0 aromatic heterocycles. The summed E-state index contributed by atoms with van der Waals surface area (Å²) in [5.41, 5.74) is 1.19. The van der Waals surface area contributed by atoms with Crippen LogP contribution in [0.25, 0.3) is 0 Å². The molecule has 1 aromatic carbocycles. The second kappa shape index (κ2) is 7.05. The average molecular weight is 290 g/mol. The van der Waals surface area contributed by atoms with E-state index in [0.29, 0.717) is 26.1 Å². The maximum Gasteiger partial charge on any atom is 0.224 e. The Morgan fingerprint density at radius 1 is 1.33 bits per heavy atom. The number of carbonyl (C=O) groups excluding carboxylic acids is 1. The standard InChI is InChI=1S/C17H26N2O2/c1-17(2,3)18-10-9-16(20)19-11-12-21-15(13-19)14-7-5-4-6-8-14/h4-8,15,18H,9-13H2,1-3H3. The number of hydrogen-bond donors (Lipinski definition) is 1. The van der Waals surface area contributed by atoms with Gasteiger partial charge in [0, 0.05) is 25.0 Å². The fourth-order valence-corrected chi connectivity index (χ4v) is 2.45. The zero-order valence-electron chi connectivity index (χ0n) is 13.3. The van der Waals surface area contributed by atoms with Gasteiger partial charge in [0.05, 0.1) is 13.2 Å². The number of rotatable bonds is 4. The van der Waals surface area contributed by atoms with Gasteiger partial charge in [-0.05, 0) is 26.3 Å². The van der Waals surface area contributed by atoms with Gasteiger partial charge >= 0.3 is 0 Å². The lowest BCUT2D eigenvalue weighted by atomic mass is 10.1. The van der Waals surface area contributed by atoms with Gasteiger partial charge in [0.15, 0.2) is 0 Å². The third kappa shape index (κ3) is 5.14. The van der Waals surface area contributed by atoms with E-state index in [4.69, 9.17) is 4.74 Å². The van der Waals surface area contributed by atoms with Crippen LogP contribution in [0.3, 0.4) is 0 Å². The molecule has 1 unspecified atom stereocenters. The van der Waals surface area contributed by atoms with Gasteiger partial charge in [0.25, 0.3) is 0 Å². The Morgan fingerprint density at radius 3 is 2.71 bits per heavy atom. The highest BCUT2D eigenvalue weighted by Crippen LogP contribution is 2.22. The number of hydrogen-bond acceptors (Lipinski definition) is 3. The molecule has 1 saturated heterocycles. The molecule has 1 N–H and O–H groups in total. The van der Waals surface area contributed by atoms with Crippen molar-refractivity contribution in [1.82, 2.24) is 10.2 Å². The van der Waals surface area contributed by atoms with Crippen LogP contribution >= 0.6 is 0 Å². The lowest BCUT2D eigenvalue weighted by molar-refractivity contribution is -0.138. The zero-order valence-corrected chi connectivity index (χ0v) is 13.3. The second-order valence-corrected chi connectivity index (χ2v) is 6.54. The maximum atomic E-state index is 12.3. The van der Waals surface area contributed by atoms with E-state index >= 15 is 0 Å². The van der Waals surface area contributed by atoms with E-state index in [9.17, 15) is 4.79 Å². The van der Waals surface area contributed by atoms with Crippen LogP contribution in [-0.2, 0) is 9.53 Å². The number of amides is 1. The minimum Gasteiger partial charge on any atom is -0.370 e. The van der Waals surface area contributed by atoms with Crippen LogP contribution in [0, 0.1) is 0 Å². The predicted molar refractivity (Wildman–Crippen MR) is 84.1 cm³/mol. The largest absolute Gasteiger partial charge is 0.370 e. The van der Waals surface area contributed by atoms with E-state index in [0.717, 1.165) is 12.1 Å². The van der Waals surface area contributed by atoms with E-state index in [2.05, 4.69) is 38.2 Å². The maximum absolute atomic E-state index is 12.3. The Hall–Kier alpha value is -1.39. The van der Waals surface area contributed by atoms with Gasteiger partial charge in [-0.1, -0.05) is 30.3 Å². The van der Waals surface area contributed by atoms with E-state index < -0.39 is 0 Å². The minimum absolute atomic E-state index is 0.000486. The number of nitrogens with one attached hydrogen (secondary N) is 1. The fourth-order valence-electron chi connectivity index (χ4n) is 2.45. The molecule has 0 radical (unpaired) electrons. The van der Waals surface area contributed by atoms with Crippen molar-refractivity contribution in [3.63, 3.8) is 0 Å². The predicted octanol–water partition coefficient (Wildman–Crippen LogP) is 2.36. The molecule has 0 bridgehead atoms. The average Bonchev–Trinajstić information content (AvgIpc) is 2.47. The van der Waals surface area contributed by atoms with Crippen LogP contribution in [0.2, 0.25) is 0 Å². The van der Waals surface area contributed by atoms with E-state index in [1.54, 1.807) is 0 Å². The summed E-state index contributed by atoms with van der Waals surface area (Å²) < 4.78 is 5.79. The highest BCUT2D eigenvalue weighted by molar-refractivity contribution is 5.76. The molecule has 0 saturated carbocycles. The van der Waals surface area contributed by atoms with E-state index in [1.165, 1.54) is 0 Å². The summed E-state index contributed by atoms with van der Waals surface area (Å²) >= 11 is 0. The number of ether oxygens (including phenoxy) is 1. The molecule has 1 aromatic rings. The van der Waals surface area contributed by atoms with Gasteiger partial charge in [0.2, 0.25) is 5.91 Å². The highest BCUT2D eigenvalue weighted by atomic mass is 16.5. The minimum atomic E-state index is -0.000486. The first kappa shape index (κ1) is 16.0. The lowest BCUT2D eigenvalue weighted by Gasteiger charge is -2.33. The molecule has 4 heteroatoms. The Labute approximate surface area is 127 Å². The van der Waals surface area contributed by atoms with Crippen molar-refractivity contribution in [3.05, 3.63) is 35.9 Å². The normalized spacial score (nSPS) is 19.6. The Bertz CT molecular complexity index is 454. The third-order valence-corrected chi connectivity index (χ3v) is 3.58. The van der Waals surface area contributed by atoms with Crippen LogP contribution in [-0.4, -0.2) is 42.6 Å². The molecule has 1 heterocycles. The topological polar surface area (TPSA) is 41.6 Å². The third-order valence-electron chi connectivity index (χ3n) is 3.58. The number of morpholine rings is 1. The highest BCUT2D eigenvalue weighted by Gasteiger charge is 2.25. The van der Waals surface area contributed by atoms with Crippen LogP contribution < -0.4 is 5.32 Å². The van der Waals surface area contributed by atoms with Gasteiger partial charge in [0.1, 0.15) is 6.10 Å². The lowest BCUT2D eigenvalue weighted by Crippen LogP contribution is -2.44. The Morgan fingerprint density at radius 2 is 2.05 bits per heavy atom. The van der Waals surface area contributed by atoms with Crippen molar-refractivity contribution < 1.29 is 9.53 Å². The number of nitrogens with zero attached hydrogens (tertiary/aromatic N) is 1. The number of carbonyl (C=O) groups is 1. The summed E-state index contributed by atoms with van der Waals surface area (Å²) in [4.78, 5) is 14.2. The molecule has 2 rings (SSSR count). The first-order valence-electron chi connectivity index (χ1n) is 7.65. The van der Waals surface area contributed by atoms with Crippen molar-refractivity contribution in [2.75, 3.05) is 26.2 Å². The molecule has 1 aliphatic rings. The van der Waals surface area contributed by atoms with Crippen LogP contribution in [0.1, 0.15) is 38.9 Å². The number of benzene rings is 1. The molecule has 0 aliphatic carbocycles. The fraction of sp³-hybridized carbons (Fsp3) is 0.588. The smallest absolute Gasteiger partial charge is 0.224 e. The van der Waals surface area contributed by atoms with Gasteiger partial charge < -0.3 is 15.0 Å². The molecule has 4 nitrogen and oxygen atoms in total. The van der Waals surface area contributed by atoms with Crippen molar-refractivity contribution in [2.45, 2.75) is 38.8 Å². The SMILES string of the molecule is CC(C)(C)NCCC(=O)N1CCOC(c2ccccc2)C1. The molecular formula is C17H26N2O2. The van der Waals surface area contributed by atoms with Gasteiger partial charge in [-0.2, -0.15) is 0 Å². The molecule has 1 aliphatic heterocycles. The van der Waals surface area contributed by atoms with Crippen LogP contribution in [0.5, 0.6) is 0 Å². The van der Waals surface area contributed by atoms with Gasteiger partial charge in [-0.3, -0.25) is 4.79 Å². The summed E-state index contributed by atoms with van der Waals surface area (Å²) in [5, 5.41) is 3.36. The zero-order chi connectivity index (χ0) is 15.3. The molecule has 1 fully saturated rings. The Balaban J connectivity index is 1.85. The molecule has 0 spiro atoms. The van der Waals surface area contributed by atoms with E-state index in [1.807, 2.05) is 23.1 Å². The van der Waals surface area contributed by atoms with Crippen molar-refractivity contribution >= 4 is 5.91 Å². The second-order valence-electron chi connectivity index (χ2n) is 6.54. The first-order valence-corrected chi connectivity index (χ1v) is 7.65. The van der Waals surface area contributed by atoms with Crippen molar-refractivity contribution in [1.29, 1.82) is 0 Å². The Kier molecular flexibility index (Phi) is 5.37. The summed E-state index contributed by atoms with van der Waals surface area (Å²) in [6, 6.07) is 10.1. The summed E-state index contributed by atoms with van der Waals surface area (Å²) in [5.74, 6) is 0.205. The first-order chi connectivity index (χ1) is 9.96.